The molecule has 0 aliphatic carbocycles. The van der Waals surface area contributed by atoms with Crippen LogP contribution in [0.4, 0.5) is 4.39 Å². The number of hydrazone groups is 1. The molecule has 0 radical (unpaired) electrons. The Kier molecular flexibility index (Phi) is 6.34. The molecule has 0 bridgehead atoms. The van der Waals surface area contributed by atoms with Crippen LogP contribution < -0.4 is 0 Å². The Hall–Kier alpha value is -3.78. The van der Waals surface area contributed by atoms with Gasteiger partial charge in [0.2, 0.25) is 9.84 Å². The summed E-state index contributed by atoms with van der Waals surface area (Å²) < 4.78 is 40.7. The van der Waals surface area contributed by atoms with Gasteiger partial charge < -0.3 is 4.90 Å². The van der Waals surface area contributed by atoms with Crippen molar-refractivity contribution in [1.29, 1.82) is 0 Å². The molecule has 3 aromatic rings. The lowest BCUT2D eigenvalue weighted by Crippen LogP contribution is -2.24. The lowest BCUT2D eigenvalue weighted by atomic mass is 10.1. The van der Waals surface area contributed by atoms with Crippen LogP contribution in [0.5, 0.6) is 0 Å². The molecule has 0 saturated heterocycles. The summed E-state index contributed by atoms with van der Waals surface area (Å²) in [7, 11) is -2.40. The van der Waals surface area contributed by atoms with Crippen LogP contribution in [-0.2, 0) is 22.9 Å². The second kappa shape index (κ2) is 9.23. The second-order valence-electron chi connectivity index (χ2n) is 8.11. The first-order valence-corrected chi connectivity index (χ1v) is 12.1. The fourth-order valence-electron chi connectivity index (χ4n) is 4.01. The zero-order valence-electron chi connectivity index (χ0n) is 18.9. The minimum Gasteiger partial charge on any atom is -0.330 e. The lowest BCUT2D eigenvalue weighted by Gasteiger charge is -2.16. The summed E-state index contributed by atoms with van der Waals surface area (Å²) in [6, 6.07) is 17.6. The molecule has 1 amide bonds. The maximum atomic E-state index is 14.3. The number of benzene rings is 3. The lowest BCUT2D eigenvalue weighted by molar-refractivity contribution is 0.0764. The minimum atomic E-state index is -4.20. The van der Waals surface area contributed by atoms with Gasteiger partial charge in [0.25, 0.3) is 5.91 Å². The van der Waals surface area contributed by atoms with E-state index in [4.69, 9.17) is 0 Å². The van der Waals surface area contributed by atoms with Crippen molar-refractivity contribution >= 4 is 28.0 Å². The summed E-state index contributed by atoms with van der Waals surface area (Å²) in [6.45, 7) is 6.06. The van der Waals surface area contributed by atoms with Gasteiger partial charge in [0.05, 0.1) is 10.5 Å². The molecular formula is C26H24FN3O3S. The zero-order valence-corrected chi connectivity index (χ0v) is 19.7. The molecular weight excluding hydrogens is 453 g/mol. The smallest absolute Gasteiger partial charge is 0.256 e. The molecule has 1 aliphatic rings. The van der Waals surface area contributed by atoms with E-state index in [1.807, 2.05) is 37.4 Å². The standard InChI is InChI=1S/C26H24FN3O3S/c1-18(15-29(3)28-2)20-13-11-19(12-14-20)16-30-17-21-7-6-10-24(25(21)26(30)31)34(32,33)23-9-5-4-8-22(23)27/h4-15H,2,16-17H2,1,3H3/b18-15+. The molecule has 0 fully saturated rings. The summed E-state index contributed by atoms with van der Waals surface area (Å²) in [5, 5.41) is 5.44. The van der Waals surface area contributed by atoms with Gasteiger partial charge in [-0.25, -0.2) is 12.8 Å². The van der Waals surface area contributed by atoms with Crippen LogP contribution in [0.15, 0.2) is 87.8 Å². The molecule has 3 aromatic carbocycles. The summed E-state index contributed by atoms with van der Waals surface area (Å²) in [4.78, 5) is 14.2. The van der Waals surface area contributed by atoms with Gasteiger partial charge in [-0.1, -0.05) is 48.5 Å². The van der Waals surface area contributed by atoms with E-state index in [-0.39, 0.29) is 22.9 Å². The molecule has 34 heavy (non-hydrogen) atoms. The molecule has 0 aromatic heterocycles. The molecule has 6 nitrogen and oxygen atoms in total. The molecule has 0 unspecified atom stereocenters. The number of sulfone groups is 1. The average Bonchev–Trinajstić information content (AvgIpc) is 3.14. The highest BCUT2D eigenvalue weighted by Gasteiger charge is 2.35. The fourth-order valence-corrected chi connectivity index (χ4v) is 5.57. The molecule has 174 valence electrons. The fraction of sp³-hybridized carbons (Fsp3) is 0.154. The topological polar surface area (TPSA) is 70.0 Å². The number of hydrogen-bond acceptors (Lipinski definition) is 5. The van der Waals surface area contributed by atoms with E-state index >= 15 is 0 Å². The summed E-state index contributed by atoms with van der Waals surface area (Å²) in [5.74, 6) is -1.23. The number of halogens is 1. The van der Waals surface area contributed by atoms with E-state index in [1.165, 1.54) is 24.3 Å². The average molecular weight is 478 g/mol. The van der Waals surface area contributed by atoms with E-state index in [1.54, 1.807) is 29.1 Å². The van der Waals surface area contributed by atoms with E-state index in [0.29, 0.717) is 12.1 Å². The summed E-state index contributed by atoms with van der Waals surface area (Å²) in [6.07, 6.45) is 1.86. The van der Waals surface area contributed by atoms with Gasteiger partial charge in [0.15, 0.2) is 0 Å². The van der Waals surface area contributed by atoms with Crippen molar-refractivity contribution in [3.63, 3.8) is 0 Å². The Morgan fingerprint density at radius 3 is 2.44 bits per heavy atom. The third kappa shape index (κ3) is 4.36. The van der Waals surface area contributed by atoms with Crippen LogP contribution in [0.3, 0.4) is 0 Å². The summed E-state index contributed by atoms with van der Waals surface area (Å²) in [5.41, 5.74) is 3.65. The Bertz CT molecular complexity index is 1400. The van der Waals surface area contributed by atoms with Crippen molar-refractivity contribution in [1.82, 2.24) is 9.91 Å². The number of fused-ring (bicyclic) bond motifs is 1. The van der Waals surface area contributed by atoms with E-state index < -0.39 is 20.5 Å². The minimum absolute atomic E-state index is 0.112. The van der Waals surface area contributed by atoms with E-state index in [9.17, 15) is 17.6 Å². The Balaban J connectivity index is 1.59. The molecule has 0 atom stereocenters. The highest BCUT2D eigenvalue weighted by Crippen LogP contribution is 2.33. The van der Waals surface area contributed by atoms with Crippen LogP contribution in [0.2, 0.25) is 0 Å². The summed E-state index contributed by atoms with van der Waals surface area (Å²) >= 11 is 0. The number of carbonyl (C=O) groups excluding carboxylic acids is 1. The maximum Gasteiger partial charge on any atom is 0.256 e. The second-order valence-corrected chi connectivity index (χ2v) is 10.00. The van der Waals surface area contributed by atoms with Crippen LogP contribution >= 0.6 is 0 Å². The highest BCUT2D eigenvalue weighted by molar-refractivity contribution is 7.91. The predicted molar refractivity (Wildman–Crippen MR) is 129 cm³/mol. The number of hydrogen-bond donors (Lipinski definition) is 0. The first kappa shape index (κ1) is 23.4. The van der Waals surface area contributed by atoms with Gasteiger partial charge in [-0.05, 0) is 47.4 Å². The van der Waals surface area contributed by atoms with Crippen molar-refractivity contribution in [2.24, 2.45) is 5.10 Å². The normalized spacial score (nSPS) is 13.7. The van der Waals surface area contributed by atoms with Crippen LogP contribution in [-0.4, -0.2) is 38.0 Å². The first-order chi connectivity index (χ1) is 16.2. The largest absolute Gasteiger partial charge is 0.330 e. The molecule has 0 N–H and O–H groups in total. The van der Waals surface area contributed by atoms with E-state index in [2.05, 4.69) is 11.8 Å². The van der Waals surface area contributed by atoms with Crippen LogP contribution in [0, 0.1) is 5.82 Å². The predicted octanol–water partition coefficient (Wildman–Crippen LogP) is 4.72. The first-order valence-electron chi connectivity index (χ1n) is 10.6. The number of nitrogens with zero attached hydrogens (tertiary/aromatic N) is 3. The van der Waals surface area contributed by atoms with Gasteiger partial charge in [-0.15, -0.1) is 0 Å². The van der Waals surface area contributed by atoms with E-state index in [0.717, 1.165) is 22.8 Å². The monoisotopic (exact) mass is 477 g/mol. The van der Waals surface area contributed by atoms with Gasteiger partial charge in [-0.2, -0.15) is 5.10 Å². The van der Waals surface area contributed by atoms with Crippen LogP contribution in [0.1, 0.15) is 34.0 Å². The Morgan fingerprint density at radius 1 is 1.09 bits per heavy atom. The molecule has 0 spiro atoms. The van der Waals surface area contributed by atoms with Crippen molar-refractivity contribution < 1.29 is 17.6 Å². The zero-order chi connectivity index (χ0) is 24.5. The van der Waals surface area contributed by atoms with Gasteiger partial charge in [0, 0.05) is 33.1 Å². The van der Waals surface area contributed by atoms with Gasteiger partial charge >= 0.3 is 0 Å². The SMILES string of the molecule is C=NN(C)/C=C(\C)c1ccc(CN2Cc3cccc(S(=O)(=O)c4ccccc4F)c3C2=O)cc1. The van der Waals surface area contributed by atoms with Gasteiger partial charge in [0.1, 0.15) is 10.7 Å². The molecule has 8 heteroatoms. The Labute approximate surface area is 198 Å². The Morgan fingerprint density at radius 2 is 1.76 bits per heavy atom. The van der Waals surface area contributed by atoms with Crippen LogP contribution in [0.25, 0.3) is 5.57 Å². The number of carbonyl (C=O) groups is 1. The van der Waals surface area contributed by atoms with Gasteiger partial charge in [-0.3, -0.25) is 9.80 Å². The highest BCUT2D eigenvalue weighted by atomic mass is 32.2. The third-order valence-electron chi connectivity index (χ3n) is 5.78. The van der Waals surface area contributed by atoms with Crippen molar-refractivity contribution in [2.75, 3.05) is 7.05 Å². The number of amides is 1. The van der Waals surface area contributed by atoms with Crippen molar-refractivity contribution in [3.8, 4) is 0 Å². The van der Waals surface area contributed by atoms with Crippen molar-refractivity contribution in [3.05, 3.63) is 101 Å². The molecule has 1 aliphatic heterocycles. The molecule has 0 saturated carbocycles. The molecule has 4 rings (SSSR count). The number of rotatable bonds is 7. The number of allylic oxidation sites excluding steroid dienone is 1. The quantitative estimate of drug-likeness (QED) is 0.365. The van der Waals surface area contributed by atoms with Crippen molar-refractivity contribution in [2.45, 2.75) is 29.8 Å². The maximum absolute atomic E-state index is 14.3. The molecule has 1 heterocycles. The third-order valence-corrected chi connectivity index (χ3v) is 7.61.